The van der Waals surface area contributed by atoms with E-state index in [4.69, 9.17) is 5.73 Å². The third kappa shape index (κ3) is 3.25. The van der Waals surface area contributed by atoms with E-state index < -0.39 is 12.2 Å². The number of anilines is 1. The molecule has 1 aliphatic rings. The Bertz CT molecular complexity index is 952. The van der Waals surface area contributed by atoms with Crippen LogP contribution in [0.15, 0.2) is 43.1 Å². The summed E-state index contributed by atoms with van der Waals surface area (Å²) in [6.07, 6.45) is 7.93. The van der Waals surface area contributed by atoms with Crippen molar-refractivity contribution in [3.8, 4) is 0 Å². The summed E-state index contributed by atoms with van der Waals surface area (Å²) < 4.78 is 1.86. The topological polar surface area (TPSA) is 110 Å². The lowest BCUT2D eigenvalue weighted by Gasteiger charge is -2.50. The Morgan fingerprint density at radius 1 is 1.29 bits per heavy atom. The van der Waals surface area contributed by atoms with Gasteiger partial charge in [0.05, 0.1) is 17.5 Å². The molecule has 7 heteroatoms. The summed E-state index contributed by atoms with van der Waals surface area (Å²) in [5.74, 6) is 0.918. The number of rotatable bonds is 6. The van der Waals surface area contributed by atoms with E-state index in [9.17, 15) is 10.2 Å². The Balaban J connectivity index is 1.44. The van der Waals surface area contributed by atoms with E-state index in [0.29, 0.717) is 17.4 Å². The van der Waals surface area contributed by atoms with Crippen LogP contribution in [-0.4, -0.2) is 41.9 Å². The quantitative estimate of drug-likeness (QED) is 0.605. The Morgan fingerprint density at radius 2 is 2.07 bits per heavy atom. The lowest BCUT2D eigenvalue weighted by molar-refractivity contribution is -0.125. The zero-order valence-electron chi connectivity index (χ0n) is 16.2. The fourth-order valence-corrected chi connectivity index (χ4v) is 4.66. The molecule has 4 rings (SSSR count). The SMILES string of the molecule is C[C@H]([C@H](O)[C@H](O)[C@]1(C)C[C@@H](Cc2cccnc2)C1)n1ccc2c(N)ncnc21. The predicted octanol–water partition coefficient (Wildman–Crippen LogP) is 2.35. The number of pyridine rings is 1. The van der Waals surface area contributed by atoms with Gasteiger partial charge in [0, 0.05) is 18.6 Å². The molecular weight excluding hydrogens is 354 g/mol. The highest BCUT2D eigenvalue weighted by Crippen LogP contribution is 2.50. The van der Waals surface area contributed by atoms with Gasteiger partial charge in [-0.05, 0) is 55.2 Å². The summed E-state index contributed by atoms with van der Waals surface area (Å²) >= 11 is 0. The molecule has 4 N–H and O–H groups in total. The summed E-state index contributed by atoms with van der Waals surface area (Å²) in [6, 6.07) is 5.54. The van der Waals surface area contributed by atoms with Crippen LogP contribution in [0.5, 0.6) is 0 Å². The molecule has 3 heterocycles. The van der Waals surface area contributed by atoms with Crippen molar-refractivity contribution in [3.63, 3.8) is 0 Å². The van der Waals surface area contributed by atoms with Crippen LogP contribution < -0.4 is 5.73 Å². The maximum absolute atomic E-state index is 10.9. The van der Waals surface area contributed by atoms with E-state index in [1.807, 2.05) is 36.0 Å². The van der Waals surface area contributed by atoms with Crippen LogP contribution in [0.4, 0.5) is 5.82 Å². The third-order valence-electron chi connectivity index (χ3n) is 6.27. The molecule has 3 aromatic heterocycles. The molecule has 28 heavy (non-hydrogen) atoms. The first-order chi connectivity index (χ1) is 13.4. The summed E-state index contributed by atoms with van der Waals surface area (Å²) in [5.41, 5.74) is 7.49. The van der Waals surface area contributed by atoms with Crippen molar-refractivity contribution in [1.29, 1.82) is 0 Å². The van der Waals surface area contributed by atoms with Crippen molar-refractivity contribution in [3.05, 3.63) is 48.7 Å². The molecule has 0 aromatic carbocycles. The Hall–Kier alpha value is -2.51. The number of aliphatic hydroxyl groups is 2. The number of hydrogen-bond donors (Lipinski definition) is 3. The van der Waals surface area contributed by atoms with Gasteiger partial charge >= 0.3 is 0 Å². The molecule has 0 unspecified atom stereocenters. The molecule has 148 valence electrons. The molecule has 0 bridgehead atoms. The van der Waals surface area contributed by atoms with E-state index in [1.54, 1.807) is 6.20 Å². The van der Waals surface area contributed by atoms with Gasteiger partial charge in [0.2, 0.25) is 0 Å². The lowest BCUT2D eigenvalue weighted by atomic mass is 9.57. The first-order valence-electron chi connectivity index (χ1n) is 9.71. The number of fused-ring (bicyclic) bond motifs is 1. The van der Waals surface area contributed by atoms with E-state index in [0.717, 1.165) is 24.6 Å². The van der Waals surface area contributed by atoms with Gasteiger partial charge in [-0.3, -0.25) is 4.98 Å². The van der Waals surface area contributed by atoms with Crippen LogP contribution in [-0.2, 0) is 6.42 Å². The second kappa shape index (κ2) is 7.14. The lowest BCUT2D eigenvalue weighted by Crippen LogP contribution is -2.51. The van der Waals surface area contributed by atoms with Crippen molar-refractivity contribution in [2.75, 3.05) is 5.73 Å². The van der Waals surface area contributed by atoms with Crippen molar-refractivity contribution in [1.82, 2.24) is 19.5 Å². The van der Waals surface area contributed by atoms with Crippen molar-refractivity contribution < 1.29 is 10.2 Å². The van der Waals surface area contributed by atoms with Gasteiger partial charge < -0.3 is 20.5 Å². The molecule has 1 saturated carbocycles. The van der Waals surface area contributed by atoms with Gasteiger partial charge in [-0.15, -0.1) is 0 Å². The van der Waals surface area contributed by atoms with Crippen LogP contribution in [0.25, 0.3) is 11.0 Å². The zero-order valence-corrected chi connectivity index (χ0v) is 16.2. The van der Waals surface area contributed by atoms with Gasteiger partial charge in [-0.1, -0.05) is 13.0 Å². The first-order valence-corrected chi connectivity index (χ1v) is 9.71. The monoisotopic (exact) mass is 381 g/mol. The molecule has 1 aliphatic carbocycles. The Kier molecular flexibility index (Phi) is 4.81. The smallest absolute Gasteiger partial charge is 0.145 e. The highest BCUT2D eigenvalue weighted by Gasteiger charge is 2.48. The number of aromatic nitrogens is 4. The molecule has 7 nitrogen and oxygen atoms in total. The van der Waals surface area contributed by atoms with Crippen molar-refractivity contribution in [2.45, 2.75) is 51.4 Å². The van der Waals surface area contributed by atoms with Crippen molar-refractivity contribution in [2.24, 2.45) is 11.3 Å². The third-order valence-corrected chi connectivity index (χ3v) is 6.27. The summed E-state index contributed by atoms with van der Waals surface area (Å²) in [6.45, 7) is 3.95. The number of hydrogen-bond acceptors (Lipinski definition) is 6. The van der Waals surface area contributed by atoms with Crippen molar-refractivity contribution >= 4 is 16.9 Å². The van der Waals surface area contributed by atoms with Gasteiger partial charge in [0.15, 0.2) is 0 Å². The highest BCUT2D eigenvalue weighted by atomic mass is 16.3. The first kappa shape index (κ1) is 18.8. The van der Waals surface area contributed by atoms with Crippen LogP contribution in [0.2, 0.25) is 0 Å². The molecule has 1 fully saturated rings. The molecular formula is C21H27N5O2. The maximum Gasteiger partial charge on any atom is 0.145 e. The average Bonchev–Trinajstić information content (AvgIpc) is 3.11. The van der Waals surface area contributed by atoms with Crippen LogP contribution in [0.3, 0.4) is 0 Å². The van der Waals surface area contributed by atoms with Gasteiger partial charge in [0.25, 0.3) is 0 Å². The minimum atomic E-state index is -0.906. The number of nitrogens with two attached hydrogens (primary N) is 1. The minimum absolute atomic E-state index is 0.294. The van der Waals surface area contributed by atoms with Gasteiger partial charge in [-0.2, -0.15) is 0 Å². The number of nitrogen functional groups attached to an aromatic ring is 1. The molecule has 0 amide bonds. The fraction of sp³-hybridized carbons (Fsp3) is 0.476. The number of nitrogens with zero attached hydrogens (tertiary/aromatic N) is 4. The summed E-state index contributed by atoms with van der Waals surface area (Å²) in [7, 11) is 0. The fourth-order valence-electron chi connectivity index (χ4n) is 4.66. The maximum atomic E-state index is 10.9. The zero-order chi connectivity index (χ0) is 19.9. The number of aliphatic hydroxyl groups excluding tert-OH is 2. The minimum Gasteiger partial charge on any atom is -0.390 e. The standard InChI is InChI=1S/C21H27N5O2/c1-13(26-7-5-16-19(22)24-12-25-20(16)26)17(27)18(28)21(2)9-15(10-21)8-14-4-3-6-23-11-14/h3-7,11-13,15,17-18,27-28H,8-10H2,1-2H3,(H2,22,24,25)/t13-,15-,17+,18+,21-/m1/s1. The molecule has 0 saturated heterocycles. The van der Waals surface area contributed by atoms with Crippen LogP contribution in [0.1, 0.15) is 38.3 Å². The molecule has 0 aliphatic heterocycles. The highest BCUT2D eigenvalue weighted by molar-refractivity contribution is 5.86. The molecule has 0 spiro atoms. The van der Waals surface area contributed by atoms with E-state index in [1.165, 1.54) is 11.9 Å². The Labute approximate surface area is 164 Å². The largest absolute Gasteiger partial charge is 0.390 e. The van der Waals surface area contributed by atoms with Gasteiger partial charge in [0.1, 0.15) is 23.9 Å². The summed E-state index contributed by atoms with van der Waals surface area (Å²) in [4.78, 5) is 12.5. The van der Waals surface area contributed by atoms with E-state index in [2.05, 4.69) is 27.9 Å². The molecule has 3 atom stereocenters. The van der Waals surface area contributed by atoms with Gasteiger partial charge in [-0.25, -0.2) is 9.97 Å². The summed E-state index contributed by atoms with van der Waals surface area (Å²) in [5, 5.41) is 22.6. The second-order valence-corrected chi connectivity index (χ2v) is 8.39. The van der Waals surface area contributed by atoms with Crippen LogP contribution >= 0.6 is 0 Å². The normalized spacial score (nSPS) is 25.2. The Morgan fingerprint density at radius 3 is 2.79 bits per heavy atom. The van der Waals surface area contributed by atoms with E-state index >= 15 is 0 Å². The molecule has 0 radical (unpaired) electrons. The second-order valence-electron chi connectivity index (χ2n) is 8.39. The van der Waals surface area contributed by atoms with Crippen LogP contribution in [0, 0.1) is 11.3 Å². The predicted molar refractivity (Wildman–Crippen MR) is 107 cm³/mol. The van der Waals surface area contributed by atoms with E-state index in [-0.39, 0.29) is 11.5 Å². The average molecular weight is 381 g/mol. The molecule has 3 aromatic rings.